The van der Waals surface area contributed by atoms with E-state index in [1.54, 1.807) is 0 Å². The smallest absolute Gasteiger partial charge is 0.0348 e. The zero-order valence-corrected chi connectivity index (χ0v) is 13.1. The van der Waals surface area contributed by atoms with Crippen LogP contribution in [0.5, 0.6) is 0 Å². The third-order valence-corrected chi connectivity index (χ3v) is 3.18. The van der Waals surface area contributed by atoms with Gasteiger partial charge in [0.05, 0.1) is 0 Å². The van der Waals surface area contributed by atoms with E-state index in [1.807, 2.05) is 18.2 Å². The molecule has 0 spiro atoms. The van der Waals surface area contributed by atoms with Crippen LogP contribution in [0.15, 0.2) is 61.8 Å². The first-order valence-corrected chi connectivity index (χ1v) is 8.12. The van der Waals surface area contributed by atoms with Crippen molar-refractivity contribution in [1.29, 1.82) is 0 Å². The van der Waals surface area contributed by atoms with Crippen molar-refractivity contribution in [2.45, 2.75) is 64.2 Å². The average Bonchev–Trinajstić information content (AvgIpc) is 2.63. The minimum Gasteiger partial charge on any atom is -0.103 e. The van der Waals surface area contributed by atoms with Gasteiger partial charge in [0.15, 0.2) is 0 Å². The van der Waals surface area contributed by atoms with Gasteiger partial charge in [-0.05, 0) is 51.4 Å². The summed E-state index contributed by atoms with van der Waals surface area (Å²) in [6.07, 6.45) is 29.7. The third-order valence-electron chi connectivity index (χ3n) is 3.18. The fourth-order valence-corrected chi connectivity index (χ4v) is 1.97. The molecule has 0 aromatic heterocycles. The molecule has 0 saturated heterocycles. The Bertz CT molecular complexity index is 277. The van der Waals surface area contributed by atoms with Crippen molar-refractivity contribution in [1.82, 2.24) is 0 Å². The molecule has 0 unspecified atom stereocenters. The van der Waals surface area contributed by atoms with Crippen LogP contribution in [0.25, 0.3) is 0 Å². The summed E-state index contributed by atoms with van der Waals surface area (Å²) in [5.74, 6) is 0. The van der Waals surface area contributed by atoms with Crippen LogP contribution in [0.1, 0.15) is 64.2 Å². The molecule has 1 aliphatic carbocycles. The number of unbranched alkanes of at least 4 members (excludes halogenated alkanes) is 4. The molecule has 0 heterocycles. The Morgan fingerprint density at radius 2 is 1.45 bits per heavy atom. The first-order valence-electron chi connectivity index (χ1n) is 8.12. The fourth-order valence-electron chi connectivity index (χ4n) is 1.97. The molecule has 0 saturated carbocycles. The molecular formula is C20H32. The van der Waals surface area contributed by atoms with Gasteiger partial charge in [-0.3, -0.25) is 0 Å². The minimum absolute atomic E-state index is 1.16. The monoisotopic (exact) mass is 272 g/mol. The summed E-state index contributed by atoms with van der Waals surface area (Å²) in [4.78, 5) is 0. The number of hydrogen-bond donors (Lipinski definition) is 0. The van der Waals surface area contributed by atoms with Crippen LogP contribution < -0.4 is 0 Å². The Kier molecular flexibility index (Phi) is 16.5. The molecule has 112 valence electrons. The summed E-state index contributed by atoms with van der Waals surface area (Å²) >= 11 is 0. The molecule has 0 amide bonds. The van der Waals surface area contributed by atoms with Crippen LogP contribution in [-0.4, -0.2) is 0 Å². The van der Waals surface area contributed by atoms with E-state index < -0.39 is 0 Å². The Labute approximate surface area is 126 Å². The fraction of sp³-hybridized carbons (Fsp3) is 0.500. The first-order chi connectivity index (χ1) is 9.91. The molecule has 0 radical (unpaired) electrons. The lowest BCUT2D eigenvalue weighted by Crippen LogP contribution is -1.73. The summed E-state index contributed by atoms with van der Waals surface area (Å²) in [6, 6.07) is 0. The van der Waals surface area contributed by atoms with E-state index >= 15 is 0 Å². The van der Waals surface area contributed by atoms with E-state index in [0.29, 0.717) is 0 Å². The van der Waals surface area contributed by atoms with Crippen molar-refractivity contribution < 1.29 is 0 Å². The van der Waals surface area contributed by atoms with Gasteiger partial charge in [-0.1, -0.05) is 68.0 Å². The van der Waals surface area contributed by atoms with Gasteiger partial charge in [0.25, 0.3) is 0 Å². The van der Waals surface area contributed by atoms with Crippen LogP contribution in [0.3, 0.4) is 0 Å². The molecule has 1 rings (SSSR count). The molecular weight excluding hydrogens is 240 g/mol. The summed E-state index contributed by atoms with van der Waals surface area (Å²) < 4.78 is 0. The van der Waals surface area contributed by atoms with E-state index in [1.165, 1.54) is 57.8 Å². The second kappa shape index (κ2) is 17.7. The Morgan fingerprint density at radius 1 is 0.800 bits per heavy atom. The van der Waals surface area contributed by atoms with Gasteiger partial charge in [0.2, 0.25) is 0 Å². The lowest BCUT2D eigenvalue weighted by molar-refractivity contribution is 0.696. The maximum Gasteiger partial charge on any atom is -0.0348 e. The molecule has 0 fully saturated rings. The van der Waals surface area contributed by atoms with Crippen molar-refractivity contribution >= 4 is 0 Å². The topological polar surface area (TPSA) is 0 Å². The van der Waals surface area contributed by atoms with Crippen molar-refractivity contribution in [3.63, 3.8) is 0 Å². The molecule has 1 aliphatic rings. The number of hydrogen-bond acceptors (Lipinski definition) is 0. The van der Waals surface area contributed by atoms with Crippen LogP contribution in [0.2, 0.25) is 0 Å². The average molecular weight is 272 g/mol. The van der Waals surface area contributed by atoms with E-state index in [4.69, 9.17) is 0 Å². The van der Waals surface area contributed by atoms with Crippen molar-refractivity contribution in [2.75, 3.05) is 0 Å². The molecule has 0 N–H and O–H groups in total. The second-order valence-corrected chi connectivity index (χ2v) is 5.08. The van der Waals surface area contributed by atoms with Gasteiger partial charge in [-0.2, -0.15) is 0 Å². The van der Waals surface area contributed by atoms with Gasteiger partial charge in [0, 0.05) is 0 Å². The molecule has 0 heteroatoms. The molecule has 0 atom stereocenters. The predicted molar refractivity (Wildman–Crippen MR) is 94.0 cm³/mol. The molecule has 0 aromatic rings. The lowest BCUT2D eigenvalue weighted by Gasteiger charge is -1.93. The highest BCUT2D eigenvalue weighted by molar-refractivity contribution is 5.02. The largest absolute Gasteiger partial charge is 0.103 e. The second-order valence-electron chi connectivity index (χ2n) is 5.08. The van der Waals surface area contributed by atoms with Crippen LogP contribution in [0, 0.1) is 0 Å². The predicted octanol–water partition coefficient (Wildman–Crippen LogP) is 6.93. The standard InChI is InChI=1S/C11H18.C9H14/c1-3-5-7-9-11-10-8-6-4-2;1-2-4-6-8-9-7-5-3-1/h3-5,7H,1-2,6,8-11H2;1-4H,5-9H2/b7-5+;. The highest BCUT2D eigenvalue weighted by atomic mass is 13.9. The van der Waals surface area contributed by atoms with Crippen LogP contribution in [-0.2, 0) is 0 Å². The van der Waals surface area contributed by atoms with Gasteiger partial charge in [-0.15, -0.1) is 6.58 Å². The lowest BCUT2D eigenvalue weighted by atomic mass is 10.1. The summed E-state index contributed by atoms with van der Waals surface area (Å²) in [5.41, 5.74) is 0. The SMILES string of the molecule is C1=CCCCCCC=C1.C=C/C=C/CCCCCC=C. The van der Waals surface area contributed by atoms with E-state index in [0.717, 1.165) is 6.42 Å². The molecule has 0 aromatic carbocycles. The van der Waals surface area contributed by atoms with Crippen molar-refractivity contribution in [3.05, 3.63) is 61.8 Å². The zero-order valence-electron chi connectivity index (χ0n) is 13.1. The van der Waals surface area contributed by atoms with E-state index in [2.05, 4.69) is 43.5 Å². The molecule has 0 nitrogen and oxygen atoms in total. The Hall–Kier alpha value is -1.30. The van der Waals surface area contributed by atoms with Gasteiger partial charge >= 0.3 is 0 Å². The Balaban J connectivity index is 0.000000367. The minimum atomic E-state index is 1.16. The molecule has 20 heavy (non-hydrogen) atoms. The third kappa shape index (κ3) is 16.7. The highest BCUT2D eigenvalue weighted by Gasteiger charge is 1.86. The summed E-state index contributed by atoms with van der Waals surface area (Å²) in [6.45, 7) is 7.29. The van der Waals surface area contributed by atoms with Gasteiger partial charge in [0.1, 0.15) is 0 Å². The zero-order chi connectivity index (χ0) is 14.7. The van der Waals surface area contributed by atoms with Crippen molar-refractivity contribution in [2.24, 2.45) is 0 Å². The first kappa shape index (κ1) is 18.7. The number of allylic oxidation sites excluding steroid dienone is 8. The molecule has 0 aliphatic heterocycles. The Morgan fingerprint density at radius 3 is 2.05 bits per heavy atom. The quantitative estimate of drug-likeness (QED) is 0.268. The van der Waals surface area contributed by atoms with Gasteiger partial charge in [-0.25, -0.2) is 0 Å². The maximum absolute atomic E-state index is 3.68. The summed E-state index contributed by atoms with van der Waals surface area (Å²) in [7, 11) is 0. The summed E-state index contributed by atoms with van der Waals surface area (Å²) in [5, 5.41) is 0. The number of rotatable bonds is 7. The van der Waals surface area contributed by atoms with Crippen molar-refractivity contribution in [3.8, 4) is 0 Å². The van der Waals surface area contributed by atoms with Crippen LogP contribution >= 0.6 is 0 Å². The normalized spacial score (nSPS) is 14.8. The van der Waals surface area contributed by atoms with Crippen LogP contribution in [0.4, 0.5) is 0 Å². The van der Waals surface area contributed by atoms with E-state index in [-0.39, 0.29) is 0 Å². The highest BCUT2D eigenvalue weighted by Crippen LogP contribution is 2.06. The van der Waals surface area contributed by atoms with Gasteiger partial charge < -0.3 is 0 Å². The maximum atomic E-state index is 3.68. The van der Waals surface area contributed by atoms with E-state index in [9.17, 15) is 0 Å². The molecule has 0 bridgehead atoms.